The van der Waals surface area contributed by atoms with Gasteiger partial charge in [-0.15, -0.1) is 11.3 Å². The summed E-state index contributed by atoms with van der Waals surface area (Å²) in [6.45, 7) is 0.193. The number of ether oxygens (including phenoxy) is 2. The van der Waals surface area contributed by atoms with Crippen molar-refractivity contribution in [3.8, 4) is 28.8 Å². The first kappa shape index (κ1) is 16.8. The third kappa shape index (κ3) is 3.23. The molecule has 4 rings (SSSR count). The maximum atomic E-state index is 11.2. The van der Waals surface area contributed by atoms with Gasteiger partial charge >= 0.3 is 0 Å². The molecule has 27 heavy (non-hydrogen) atoms. The normalized spacial score (nSPS) is 12.6. The molecule has 132 valence electrons. The fourth-order valence-electron chi connectivity index (χ4n) is 2.66. The summed E-state index contributed by atoms with van der Waals surface area (Å²) in [6.07, 6.45) is 1.49. The first-order valence-corrected chi connectivity index (χ1v) is 8.75. The number of hydrogen-bond acceptors (Lipinski definition) is 7. The summed E-state index contributed by atoms with van der Waals surface area (Å²) in [4.78, 5) is 15.2. The zero-order valence-electron chi connectivity index (χ0n) is 13.8. The average molecular weight is 377 g/mol. The first-order chi connectivity index (χ1) is 13.2. The highest BCUT2D eigenvalue weighted by Gasteiger charge is 2.17. The number of para-hydroxylation sites is 1. The maximum Gasteiger partial charge on any atom is 0.276 e. The third-order valence-electron chi connectivity index (χ3n) is 3.96. The lowest BCUT2D eigenvalue weighted by molar-refractivity contribution is -0.385. The molecule has 0 fully saturated rings. The predicted molar refractivity (Wildman–Crippen MR) is 100 cm³/mol. The SMILES string of the molecule is N#CC(=Cc1ccccc1[N+](=O)[O-])c1nc(-c2ccc3c(c2)OCO3)cs1. The molecule has 2 heterocycles. The van der Waals surface area contributed by atoms with Crippen molar-refractivity contribution in [2.45, 2.75) is 0 Å². The van der Waals surface area contributed by atoms with Crippen molar-refractivity contribution in [2.24, 2.45) is 0 Å². The Morgan fingerprint density at radius 2 is 2.07 bits per heavy atom. The van der Waals surface area contributed by atoms with Crippen LogP contribution in [-0.4, -0.2) is 16.7 Å². The van der Waals surface area contributed by atoms with E-state index in [4.69, 9.17) is 9.47 Å². The van der Waals surface area contributed by atoms with Gasteiger partial charge in [-0.05, 0) is 30.3 Å². The molecule has 7 nitrogen and oxygen atoms in total. The molecule has 8 heteroatoms. The Labute approximate surface area is 157 Å². The molecule has 0 saturated heterocycles. The number of nitrogens with zero attached hydrogens (tertiary/aromatic N) is 3. The Balaban J connectivity index is 1.70. The second kappa shape index (κ2) is 6.90. The van der Waals surface area contributed by atoms with Crippen LogP contribution in [0.25, 0.3) is 22.9 Å². The van der Waals surface area contributed by atoms with Crippen LogP contribution in [0.1, 0.15) is 10.6 Å². The van der Waals surface area contributed by atoms with Crippen LogP contribution in [0.3, 0.4) is 0 Å². The minimum Gasteiger partial charge on any atom is -0.454 e. The zero-order valence-corrected chi connectivity index (χ0v) is 14.6. The van der Waals surface area contributed by atoms with Crippen LogP contribution in [0.4, 0.5) is 5.69 Å². The van der Waals surface area contributed by atoms with Gasteiger partial charge in [-0.3, -0.25) is 10.1 Å². The molecule has 0 bridgehead atoms. The lowest BCUT2D eigenvalue weighted by atomic mass is 10.1. The van der Waals surface area contributed by atoms with Gasteiger partial charge < -0.3 is 9.47 Å². The van der Waals surface area contributed by atoms with Crippen LogP contribution >= 0.6 is 11.3 Å². The Bertz CT molecular complexity index is 1110. The monoisotopic (exact) mass is 377 g/mol. The summed E-state index contributed by atoms with van der Waals surface area (Å²) in [5.74, 6) is 1.33. The lowest BCUT2D eigenvalue weighted by Gasteiger charge is -2.00. The zero-order chi connectivity index (χ0) is 18.8. The highest BCUT2D eigenvalue weighted by atomic mass is 32.1. The molecule has 0 aliphatic carbocycles. The summed E-state index contributed by atoms with van der Waals surface area (Å²) in [5, 5.41) is 23.0. The largest absolute Gasteiger partial charge is 0.454 e. The van der Waals surface area contributed by atoms with Gasteiger partial charge in [-0.1, -0.05) is 12.1 Å². The van der Waals surface area contributed by atoms with E-state index in [2.05, 4.69) is 11.1 Å². The fraction of sp³-hybridized carbons (Fsp3) is 0.0526. The minimum atomic E-state index is -0.472. The van der Waals surface area contributed by atoms with E-state index in [1.165, 1.54) is 23.5 Å². The summed E-state index contributed by atoms with van der Waals surface area (Å²) in [6, 6.07) is 13.9. The molecular weight excluding hydrogens is 366 g/mol. The molecule has 0 saturated carbocycles. The van der Waals surface area contributed by atoms with Crippen molar-refractivity contribution >= 4 is 28.7 Å². The van der Waals surface area contributed by atoms with Crippen LogP contribution in [0, 0.1) is 21.4 Å². The molecule has 0 unspecified atom stereocenters. The number of rotatable bonds is 4. The van der Waals surface area contributed by atoms with Gasteiger partial charge in [0.2, 0.25) is 6.79 Å². The van der Waals surface area contributed by atoms with Crippen LogP contribution in [0.5, 0.6) is 11.5 Å². The first-order valence-electron chi connectivity index (χ1n) is 7.87. The molecule has 0 spiro atoms. The van der Waals surface area contributed by atoms with Gasteiger partial charge in [0.25, 0.3) is 5.69 Å². The number of fused-ring (bicyclic) bond motifs is 1. The molecule has 0 N–H and O–H groups in total. The molecule has 2 aromatic carbocycles. The smallest absolute Gasteiger partial charge is 0.276 e. The quantitative estimate of drug-likeness (QED) is 0.377. The van der Waals surface area contributed by atoms with Gasteiger partial charge in [0.15, 0.2) is 11.5 Å². The van der Waals surface area contributed by atoms with E-state index >= 15 is 0 Å². The summed E-state index contributed by atoms with van der Waals surface area (Å²) in [5.41, 5.74) is 2.10. The van der Waals surface area contributed by atoms with Crippen molar-refractivity contribution in [3.63, 3.8) is 0 Å². The second-order valence-corrected chi connectivity index (χ2v) is 6.45. The van der Waals surface area contributed by atoms with Crippen LogP contribution in [0.15, 0.2) is 47.8 Å². The van der Waals surface area contributed by atoms with Crippen molar-refractivity contribution in [2.75, 3.05) is 6.79 Å². The summed E-state index contributed by atoms with van der Waals surface area (Å²) >= 11 is 1.30. The third-order valence-corrected chi connectivity index (χ3v) is 4.83. The Morgan fingerprint density at radius 1 is 1.26 bits per heavy atom. The number of aromatic nitrogens is 1. The minimum absolute atomic E-state index is 0.0576. The number of nitro benzene ring substituents is 1. The van der Waals surface area contributed by atoms with Crippen molar-refractivity contribution < 1.29 is 14.4 Å². The lowest BCUT2D eigenvalue weighted by Crippen LogP contribution is -1.92. The molecule has 3 aromatic rings. The highest BCUT2D eigenvalue weighted by Crippen LogP contribution is 2.37. The predicted octanol–water partition coefficient (Wildman–Crippen LogP) is 4.51. The number of allylic oxidation sites excluding steroid dienone is 1. The topological polar surface area (TPSA) is 98.3 Å². The highest BCUT2D eigenvalue weighted by molar-refractivity contribution is 7.11. The molecular formula is C19H11N3O4S. The molecule has 1 aliphatic rings. The van der Waals surface area contributed by atoms with E-state index in [1.54, 1.807) is 18.2 Å². The number of nitriles is 1. The van der Waals surface area contributed by atoms with E-state index in [1.807, 2.05) is 23.6 Å². The Morgan fingerprint density at radius 3 is 2.89 bits per heavy atom. The van der Waals surface area contributed by atoms with Gasteiger partial charge in [0.05, 0.1) is 21.8 Å². The number of benzene rings is 2. The average Bonchev–Trinajstić information content (AvgIpc) is 3.35. The molecule has 1 aromatic heterocycles. The number of nitro groups is 1. The van der Waals surface area contributed by atoms with Gasteiger partial charge in [-0.25, -0.2) is 4.98 Å². The number of thiazole rings is 1. The second-order valence-electron chi connectivity index (χ2n) is 5.59. The van der Waals surface area contributed by atoms with Crippen LogP contribution in [0.2, 0.25) is 0 Å². The number of hydrogen-bond donors (Lipinski definition) is 0. The summed E-state index contributed by atoms with van der Waals surface area (Å²) in [7, 11) is 0. The van der Waals surface area contributed by atoms with E-state index in [9.17, 15) is 15.4 Å². The van der Waals surface area contributed by atoms with Crippen molar-refractivity contribution in [1.29, 1.82) is 5.26 Å². The fourth-order valence-corrected chi connectivity index (χ4v) is 3.45. The van der Waals surface area contributed by atoms with Crippen molar-refractivity contribution in [3.05, 3.63) is 68.5 Å². The Hall–Kier alpha value is -3.70. The molecule has 0 amide bonds. The van der Waals surface area contributed by atoms with Gasteiger partial charge in [-0.2, -0.15) is 5.26 Å². The molecule has 1 aliphatic heterocycles. The molecule has 0 atom stereocenters. The van der Waals surface area contributed by atoms with E-state index in [-0.39, 0.29) is 18.1 Å². The van der Waals surface area contributed by atoms with Crippen molar-refractivity contribution in [1.82, 2.24) is 4.98 Å². The van der Waals surface area contributed by atoms with Gasteiger partial charge in [0.1, 0.15) is 11.1 Å². The molecule has 0 radical (unpaired) electrons. The van der Waals surface area contributed by atoms with Crippen LogP contribution < -0.4 is 9.47 Å². The standard InChI is InChI=1S/C19H11N3O4S/c20-9-14(7-13-3-1-2-4-16(13)22(23)24)19-21-15(10-27-19)12-5-6-17-18(8-12)26-11-25-17/h1-8,10H,11H2. The maximum absolute atomic E-state index is 11.2. The van der Waals surface area contributed by atoms with Gasteiger partial charge in [0, 0.05) is 17.0 Å². The van der Waals surface area contributed by atoms with E-state index in [0.717, 1.165) is 5.56 Å². The van der Waals surface area contributed by atoms with E-state index in [0.29, 0.717) is 27.8 Å². The van der Waals surface area contributed by atoms with E-state index < -0.39 is 4.92 Å². The summed E-state index contributed by atoms with van der Waals surface area (Å²) < 4.78 is 10.7. The van der Waals surface area contributed by atoms with Crippen LogP contribution in [-0.2, 0) is 0 Å². The Kier molecular flexibility index (Phi) is 4.28.